The Morgan fingerprint density at radius 3 is 2.78 bits per heavy atom. The van der Waals surface area contributed by atoms with Gasteiger partial charge in [0.15, 0.2) is 5.69 Å². The highest BCUT2D eigenvalue weighted by molar-refractivity contribution is 5.85. The zero-order valence-corrected chi connectivity index (χ0v) is 10.8. The first-order valence-corrected chi connectivity index (χ1v) is 5.53. The van der Waals surface area contributed by atoms with Crippen LogP contribution < -0.4 is 4.90 Å². The van der Waals surface area contributed by atoms with Gasteiger partial charge >= 0.3 is 5.97 Å². The minimum atomic E-state index is -1.11. The summed E-state index contributed by atoms with van der Waals surface area (Å²) in [4.78, 5) is 16.5. The van der Waals surface area contributed by atoms with E-state index in [0.29, 0.717) is 19.8 Å². The topological polar surface area (TPSA) is 85.0 Å². The van der Waals surface area contributed by atoms with Crippen molar-refractivity contribution in [3.05, 3.63) is 12.0 Å². The van der Waals surface area contributed by atoms with E-state index in [0.717, 1.165) is 6.26 Å². The molecule has 0 radical (unpaired) electrons. The molecule has 0 fully saturated rings. The predicted molar refractivity (Wildman–Crippen MR) is 64.0 cm³/mol. The van der Waals surface area contributed by atoms with Crippen molar-refractivity contribution >= 4 is 12.0 Å². The van der Waals surface area contributed by atoms with Crippen molar-refractivity contribution in [1.29, 1.82) is 0 Å². The number of carboxylic acid groups (broad SMARTS) is 1. The molecule has 0 aromatic carbocycles. The third-order valence-electron chi connectivity index (χ3n) is 2.43. The molecule has 0 saturated heterocycles. The maximum Gasteiger partial charge on any atom is 0.357 e. The van der Waals surface area contributed by atoms with Crippen molar-refractivity contribution in [2.24, 2.45) is 0 Å². The van der Waals surface area contributed by atoms with Crippen LogP contribution in [0.3, 0.4) is 0 Å². The average molecular weight is 258 g/mol. The van der Waals surface area contributed by atoms with Gasteiger partial charge in [-0.1, -0.05) is 0 Å². The number of methoxy groups -OCH3 is 2. The molecule has 0 spiro atoms. The number of aromatic carboxylic acids is 1. The van der Waals surface area contributed by atoms with Crippen LogP contribution in [0, 0.1) is 0 Å². The lowest BCUT2D eigenvalue weighted by Gasteiger charge is -2.26. The molecule has 7 heteroatoms. The number of aromatic nitrogens is 1. The molecule has 18 heavy (non-hydrogen) atoms. The number of carbonyl (C=O) groups is 1. The summed E-state index contributed by atoms with van der Waals surface area (Å²) in [7, 11) is 3.20. The lowest BCUT2D eigenvalue weighted by molar-refractivity contribution is 0.0690. The number of rotatable bonds is 8. The van der Waals surface area contributed by atoms with Crippen LogP contribution in [0.4, 0.5) is 6.01 Å². The van der Waals surface area contributed by atoms with E-state index < -0.39 is 5.97 Å². The minimum absolute atomic E-state index is 0.00504. The monoisotopic (exact) mass is 258 g/mol. The van der Waals surface area contributed by atoms with Crippen LogP contribution in [0.2, 0.25) is 0 Å². The van der Waals surface area contributed by atoms with E-state index in [1.807, 2.05) is 6.92 Å². The molecule has 0 aliphatic heterocycles. The molecule has 0 bridgehead atoms. The number of anilines is 1. The van der Waals surface area contributed by atoms with Crippen molar-refractivity contribution in [3.8, 4) is 0 Å². The predicted octanol–water partition coefficient (Wildman–Crippen LogP) is 0.860. The summed E-state index contributed by atoms with van der Waals surface area (Å²) in [5.41, 5.74) is -0.114. The summed E-state index contributed by atoms with van der Waals surface area (Å²) in [6, 6.07) is 0.263. The van der Waals surface area contributed by atoms with Crippen molar-refractivity contribution in [1.82, 2.24) is 4.98 Å². The van der Waals surface area contributed by atoms with Gasteiger partial charge in [0, 0.05) is 20.8 Å². The second kappa shape index (κ2) is 6.97. The SMILES string of the molecule is COCCN(c1nc(C(=O)O)co1)C(C)COC. The molecule has 1 unspecified atom stereocenters. The minimum Gasteiger partial charge on any atom is -0.476 e. The summed E-state index contributed by atoms with van der Waals surface area (Å²) in [6.07, 6.45) is 1.12. The Labute approximate surface area is 105 Å². The van der Waals surface area contributed by atoms with Crippen LogP contribution >= 0.6 is 0 Å². The Kier molecular flexibility index (Phi) is 5.60. The van der Waals surface area contributed by atoms with Crippen molar-refractivity contribution < 1.29 is 23.8 Å². The number of nitrogens with zero attached hydrogens (tertiary/aromatic N) is 2. The second-order valence-corrected chi connectivity index (χ2v) is 3.81. The molecule has 0 aliphatic rings. The molecule has 1 atom stereocenters. The Bertz CT molecular complexity index is 379. The molecule has 1 aromatic heterocycles. The summed E-state index contributed by atoms with van der Waals surface area (Å²) in [6.45, 7) is 3.44. The average Bonchev–Trinajstić information content (AvgIpc) is 2.79. The zero-order chi connectivity index (χ0) is 13.5. The van der Waals surface area contributed by atoms with E-state index in [-0.39, 0.29) is 17.8 Å². The highest BCUT2D eigenvalue weighted by Gasteiger charge is 2.21. The fraction of sp³-hybridized carbons (Fsp3) is 0.636. The molecule has 0 amide bonds. The standard InChI is InChI=1S/C11H18N2O5/c1-8(6-17-3)13(4-5-16-2)11-12-9(7-18-11)10(14)15/h7-8H,4-6H2,1-3H3,(H,14,15). The van der Waals surface area contributed by atoms with Gasteiger partial charge in [-0.15, -0.1) is 0 Å². The number of ether oxygens (including phenoxy) is 2. The van der Waals surface area contributed by atoms with Gasteiger partial charge in [-0.25, -0.2) is 4.79 Å². The van der Waals surface area contributed by atoms with Gasteiger partial charge in [-0.05, 0) is 6.92 Å². The Morgan fingerprint density at radius 2 is 2.28 bits per heavy atom. The first-order chi connectivity index (χ1) is 8.60. The molecule has 0 saturated carbocycles. The van der Waals surface area contributed by atoms with Crippen LogP contribution in [0.25, 0.3) is 0 Å². The third-order valence-corrected chi connectivity index (χ3v) is 2.43. The molecule has 1 aromatic rings. The largest absolute Gasteiger partial charge is 0.476 e. The maximum absolute atomic E-state index is 10.8. The van der Waals surface area contributed by atoms with Gasteiger partial charge in [0.2, 0.25) is 0 Å². The molecule has 0 aliphatic carbocycles. The van der Waals surface area contributed by atoms with Gasteiger partial charge in [-0.2, -0.15) is 4.98 Å². The Balaban J connectivity index is 2.82. The lowest BCUT2D eigenvalue weighted by atomic mass is 10.3. The van der Waals surface area contributed by atoms with Crippen molar-refractivity contribution in [2.75, 3.05) is 38.9 Å². The quantitative estimate of drug-likeness (QED) is 0.740. The van der Waals surface area contributed by atoms with Gasteiger partial charge < -0.3 is 23.9 Å². The lowest BCUT2D eigenvalue weighted by Crippen LogP contribution is -2.39. The Morgan fingerprint density at radius 1 is 1.56 bits per heavy atom. The summed E-state index contributed by atoms with van der Waals surface area (Å²) in [5, 5.41) is 8.81. The molecule has 102 valence electrons. The van der Waals surface area contributed by atoms with Crippen LogP contribution in [-0.4, -0.2) is 56.1 Å². The number of carboxylic acids is 1. The Hall–Kier alpha value is -1.60. The van der Waals surface area contributed by atoms with Crippen LogP contribution in [-0.2, 0) is 9.47 Å². The van der Waals surface area contributed by atoms with Gasteiger partial charge in [0.1, 0.15) is 6.26 Å². The van der Waals surface area contributed by atoms with Gasteiger partial charge in [0.05, 0.1) is 19.3 Å². The first kappa shape index (κ1) is 14.5. The van der Waals surface area contributed by atoms with Crippen LogP contribution in [0.1, 0.15) is 17.4 Å². The van der Waals surface area contributed by atoms with Crippen LogP contribution in [0.15, 0.2) is 10.7 Å². The van der Waals surface area contributed by atoms with Crippen LogP contribution in [0.5, 0.6) is 0 Å². The third kappa shape index (κ3) is 3.71. The second-order valence-electron chi connectivity index (χ2n) is 3.81. The van der Waals surface area contributed by atoms with E-state index in [1.165, 1.54) is 0 Å². The number of oxazole rings is 1. The molecule has 7 nitrogen and oxygen atoms in total. The van der Waals surface area contributed by atoms with Gasteiger partial charge in [0.25, 0.3) is 6.01 Å². The first-order valence-electron chi connectivity index (χ1n) is 5.53. The zero-order valence-electron chi connectivity index (χ0n) is 10.8. The van der Waals surface area contributed by atoms with E-state index in [2.05, 4.69) is 4.98 Å². The van der Waals surface area contributed by atoms with E-state index in [9.17, 15) is 4.79 Å². The smallest absolute Gasteiger partial charge is 0.357 e. The molecule has 1 heterocycles. The fourth-order valence-electron chi connectivity index (χ4n) is 1.52. The summed E-state index contributed by atoms with van der Waals surface area (Å²) in [5.74, 6) is -1.11. The van der Waals surface area contributed by atoms with E-state index in [1.54, 1.807) is 19.1 Å². The molecular formula is C11H18N2O5. The fourth-order valence-corrected chi connectivity index (χ4v) is 1.52. The number of hydrogen-bond donors (Lipinski definition) is 1. The highest BCUT2D eigenvalue weighted by atomic mass is 16.5. The van der Waals surface area contributed by atoms with Crippen molar-refractivity contribution in [2.45, 2.75) is 13.0 Å². The summed E-state index contributed by atoms with van der Waals surface area (Å²) < 4.78 is 15.3. The maximum atomic E-state index is 10.8. The van der Waals surface area contributed by atoms with Crippen molar-refractivity contribution in [3.63, 3.8) is 0 Å². The van der Waals surface area contributed by atoms with E-state index >= 15 is 0 Å². The van der Waals surface area contributed by atoms with E-state index in [4.69, 9.17) is 19.0 Å². The molecular weight excluding hydrogens is 240 g/mol. The summed E-state index contributed by atoms with van der Waals surface area (Å²) >= 11 is 0. The molecule has 1 N–H and O–H groups in total. The molecule has 1 rings (SSSR count). The normalized spacial score (nSPS) is 12.4. The van der Waals surface area contributed by atoms with Gasteiger partial charge in [-0.3, -0.25) is 0 Å². The highest BCUT2D eigenvalue weighted by Crippen LogP contribution is 2.16. The number of hydrogen-bond acceptors (Lipinski definition) is 6.